The van der Waals surface area contributed by atoms with Crippen LogP contribution in [0.2, 0.25) is 0 Å². The molecular formula is C16H14N4O2. The second kappa shape index (κ2) is 6.53. The highest BCUT2D eigenvalue weighted by Crippen LogP contribution is 2.18. The first-order valence-corrected chi connectivity index (χ1v) is 6.77. The van der Waals surface area contributed by atoms with Gasteiger partial charge in [-0.05, 0) is 12.1 Å². The molecule has 0 radical (unpaired) electrons. The highest BCUT2D eigenvalue weighted by Gasteiger charge is 2.08. The van der Waals surface area contributed by atoms with Crippen LogP contribution in [-0.4, -0.2) is 16.2 Å². The zero-order chi connectivity index (χ0) is 15.2. The van der Waals surface area contributed by atoms with E-state index in [9.17, 15) is 4.79 Å². The lowest BCUT2D eigenvalue weighted by atomic mass is 10.1. The van der Waals surface area contributed by atoms with Gasteiger partial charge in [0, 0.05) is 17.8 Å². The lowest BCUT2D eigenvalue weighted by molar-refractivity contribution is 0.250. The Bertz CT molecular complexity index is 741. The van der Waals surface area contributed by atoms with Crippen LogP contribution in [0.1, 0.15) is 5.76 Å². The molecule has 2 amide bonds. The summed E-state index contributed by atoms with van der Waals surface area (Å²) in [5.74, 6) is 0.584. The first kappa shape index (κ1) is 13.8. The molecule has 3 rings (SSSR count). The number of nitrogens with zero attached hydrogens (tertiary/aromatic N) is 2. The van der Waals surface area contributed by atoms with Crippen molar-refractivity contribution in [3.8, 4) is 11.3 Å². The van der Waals surface area contributed by atoms with Gasteiger partial charge in [0.15, 0.2) is 5.76 Å². The minimum Gasteiger partial charge on any atom is -0.359 e. The van der Waals surface area contributed by atoms with Gasteiger partial charge in [-0.2, -0.15) is 0 Å². The van der Waals surface area contributed by atoms with E-state index in [2.05, 4.69) is 20.8 Å². The molecular weight excluding hydrogens is 280 g/mol. The Hall–Kier alpha value is -3.15. The van der Waals surface area contributed by atoms with Gasteiger partial charge < -0.3 is 15.2 Å². The normalized spacial score (nSPS) is 10.2. The van der Waals surface area contributed by atoms with E-state index in [0.717, 1.165) is 11.3 Å². The Kier molecular flexibility index (Phi) is 4.10. The van der Waals surface area contributed by atoms with Crippen molar-refractivity contribution in [2.75, 3.05) is 5.32 Å². The van der Waals surface area contributed by atoms with Gasteiger partial charge >= 0.3 is 6.03 Å². The first-order chi connectivity index (χ1) is 10.8. The van der Waals surface area contributed by atoms with E-state index in [0.29, 0.717) is 11.4 Å². The third-order valence-electron chi connectivity index (χ3n) is 2.97. The van der Waals surface area contributed by atoms with Gasteiger partial charge in [-0.25, -0.2) is 4.79 Å². The zero-order valence-electron chi connectivity index (χ0n) is 11.7. The monoisotopic (exact) mass is 294 g/mol. The molecule has 0 bridgehead atoms. The number of amides is 2. The largest absolute Gasteiger partial charge is 0.359 e. The molecule has 0 aliphatic heterocycles. The van der Waals surface area contributed by atoms with Crippen LogP contribution in [-0.2, 0) is 6.54 Å². The molecule has 2 heterocycles. The SMILES string of the molecule is O=C(NCc1cc(-c2ccccc2)no1)Nc1cccnc1. The maximum atomic E-state index is 11.8. The van der Waals surface area contributed by atoms with Crippen molar-refractivity contribution in [2.24, 2.45) is 0 Å². The van der Waals surface area contributed by atoms with Crippen molar-refractivity contribution >= 4 is 11.7 Å². The molecule has 0 saturated carbocycles. The number of hydrogen-bond donors (Lipinski definition) is 2. The summed E-state index contributed by atoms with van der Waals surface area (Å²) < 4.78 is 5.21. The van der Waals surface area contributed by atoms with Gasteiger partial charge in [0.2, 0.25) is 0 Å². The Labute approximate surface area is 127 Å². The summed E-state index contributed by atoms with van der Waals surface area (Å²) in [6.07, 6.45) is 3.21. The molecule has 0 unspecified atom stereocenters. The topological polar surface area (TPSA) is 80.0 Å². The summed E-state index contributed by atoms with van der Waals surface area (Å²) in [7, 11) is 0. The Morgan fingerprint density at radius 3 is 2.77 bits per heavy atom. The van der Waals surface area contributed by atoms with Crippen molar-refractivity contribution in [1.82, 2.24) is 15.5 Å². The highest BCUT2D eigenvalue weighted by atomic mass is 16.5. The van der Waals surface area contributed by atoms with E-state index in [1.807, 2.05) is 30.3 Å². The second-order valence-electron chi connectivity index (χ2n) is 4.59. The second-order valence-corrected chi connectivity index (χ2v) is 4.59. The molecule has 2 N–H and O–H groups in total. The number of carbonyl (C=O) groups is 1. The predicted molar refractivity (Wildman–Crippen MR) is 82.0 cm³/mol. The number of urea groups is 1. The summed E-state index contributed by atoms with van der Waals surface area (Å²) in [6.45, 7) is 0.256. The molecule has 0 saturated heterocycles. The fraction of sp³-hybridized carbons (Fsp3) is 0.0625. The Balaban J connectivity index is 1.56. The summed E-state index contributed by atoms with van der Waals surface area (Å²) in [6, 6.07) is 14.7. The standard InChI is InChI=1S/C16H14N4O2/c21-16(19-13-7-4-8-17-10-13)18-11-14-9-15(20-22-14)12-5-2-1-3-6-12/h1-10H,11H2,(H2,18,19,21). The maximum absolute atomic E-state index is 11.8. The molecule has 22 heavy (non-hydrogen) atoms. The lowest BCUT2D eigenvalue weighted by Crippen LogP contribution is -2.28. The van der Waals surface area contributed by atoms with Gasteiger partial charge in [0.05, 0.1) is 18.4 Å². The van der Waals surface area contributed by atoms with Crippen LogP contribution in [0.3, 0.4) is 0 Å². The summed E-state index contributed by atoms with van der Waals surface area (Å²) in [5, 5.41) is 9.37. The Morgan fingerprint density at radius 2 is 2.00 bits per heavy atom. The van der Waals surface area contributed by atoms with E-state index in [1.165, 1.54) is 0 Å². The van der Waals surface area contributed by atoms with Crippen molar-refractivity contribution in [1.29, 1.82) is 0 Å². The number of rotatable bonds is 4. The third kappa shape index (κ3) is 3.49. The van der Waals surface area contributed by atoms with Gasteiger partial charge in [0.25, 0.3) is 0 Å². The van der Waals surface area contributed by atoms with Gasteiger partial charge in [-0.3, -0.25) is 4.98 Å². The third-order valence-corrected chi connectivity index (χ3v) is 2.97. The molecule has 6 nitrogen and oxygen atoms in total. The molecule has 0 aliphatic carbocycles. The van der Waals surface area contributed by atoms with Crippen LogP contribution < -0.4 is 10.6 Å². The van der Waals surface area contributed by atoms with E-state index < -0.39 is 0 Å². The molecule has 0 fully saturated rings. The van der Waals surface area contributed by atoms with E-state index in [4.69, 9.17) is 4.52 Å². The van der Waals surface area contributed by atoms with E-state index >= 15 is 0 Å². The van der Waals surface area contributed by atoms with Crippen molar-refractivity contribution in [2.45, 2.75) is 6.54 Å². The molecule has 0 atom stereocenters. The average Bonchev–Trinajstić information content (AvgIpc) is 3.04. The molecule has 0 aliphatic rings. The van der Waals surface area contributed by atoms with Crippen LogP contribution in [0, 0.1) is 0 Å². The number of pyridine rings is 1. The summed E-state index contributed by atoms with van der Waals surface area (Å²) in [5.41, 5.74) is 2.34. The van der Waals surface area contributed by atoms with Crippen LogP contribution >= 0.6 is 0 Å². The molecule has 110 valence electrons. The van der Waals surface area contributed by atoms with Gasteiger partial charge in [-0.1, -0.05) is 35.5 Å². The van der Waals surface area contributed by atoms with Gasteiger partial charge in [-0.15, -0.1) is 0 Å². The summed E-state index contributed by atoms with van der Waals surface area (Å²) >= 11 is 0. The number of benzene rings is 1. The van der Waals surface area contributed by atoms with Crippen LogP contribution in [0.4, 0.5) is 10.5 Å². The molecule has 1 aromatic carbocycles. The number of carbonyl (C=O) groups excluding carboxylic acids is 1. The highest BCUT2D eigenvalue weighted by molar-refractivity contribution is 5.88. The molecule has 0 spiro atoms. The number of nitrogens with one attached hydrogen (secondary N) is 2. The minimum atomic E-state index is -0.328. The predicted octanol–water partition coefficient (Wildman–Crippen LogP) is 3.06. The molecule has 2 aromatic heterocycles. The average molecular weight is 294 g/mol. The number of aromatic nitrogens is 2. The number of hydrogen-bond acceptors (Lipinski definition) is 4. The van der Waals surface area contributed by atoms with Crippen molar-refractivity contribution in [3.05, 3.63) is 66.7 Å². The minimum absolute atomic E-state index is 0.256. The van der Waals surface area contributed by atoms with Crippen molar-refractivity contribution < 1.29 is 9.32 Å². The number of anilines is 1. The maximum Gasteiger partial charge on any atom is 0.319 e. The van der Waals surface area contributed by atoms with Crippen molar-refractivity contribution in [3.63, 3.8) is 0 Å². The lowest BCUT2D eigenvalue weighted by Gasteiger charge is -2.04. The van der Waals surface area contributed by atoms with E-state index in [-0.39, 0.29) is 12.6 Å². The molecule has 3 aromatic rings. The fourth-order valence-corrected chi connectivity index (χ4v) is 1.92. The van der Waals surface area contributed by atoms with Crippen LogP contribution in [0.5, 0.6) is 0 Å². The van der Waals surface area contributed by atoms with Gasteiger partial charge in [0.1, 0.15) is 5.69 Å². The van der Waals surface area contributed by atoms with Crippen LogP contribution in [0.25, 0.3) is 11.3 Å². The summed E-state index contributed by atoms with van der Waals surface area (Å²) in [4.78, 5) is 15.7. The fourth-order valence-electron chi connectivity index (χ4n) is 1.92. The smallest absolute Gasteiger partial charge is 0.319 e. The zero-order valence-corrected chi connectivity index (χ0v) is 11.7. The first-order valence-electron chi connectivity index (χ1n) is 6.77. The van der Waals surface area contributed by atoms with Crippen LogP contribution in [0.15, 0.2) is 65.4 Å². The van der Waals surface area contributed by atoms with E-state index in [1.54, 1.807) is 30.6 Å². The quantitative estimate of drug-likeness (QED) is 0.775. The molecule has 6 heteroatoms. The Morgan fingerprint density at radius 1 is 1.14 bits per heavy atom.